The van der Waals surface area contributed by atoms with Crippen molar-refractivity contribution >= 4 is 23.8 Å². The second-order valence-corrected chi connectivity index (χ2v) is 10.9. The molecule has 0 bridgehead atoms. The zero-order valence-corrected chi connectivity index (χ0v) is 23.2. The Balaban J connectivity index is 1.74. The molecule has 0 saturated carbocycles. The van der Waals surface area contributed by atoms with Crippen molar-refractivity contribution in [3.8, 4) is 5.75 Å². The first-order chi connectivity index (χ1) is 19.3. The molecule has 6 N–H and O–H groups in total. The van der Waals surface area contributed by atoms with Gasteiger partial charge in [-0.1, -0.05) is 12.1 Å². The molecule has 0 aromatic heterocycles. The number of piperidine rings is 2. The predicted molar refractivity (Wildman–Crippen MR) is 149 cm³/mol. The van der Waals surface area contributed by atoms with E-state index >= 15 is 0 Å². The van der Waals surface area contributed by atoms with Gasteiger partial charge in [-0.15, -0.1) is 0 Å². The van der Waals surface area contributed by atoms with Gasteiger partial charge in [0.25, 0.3) is 0 Å². The topological polar surface area (TPSA) is 166 Å². The Hall–Kier alpha value is -3.18. The van der Waals surface area contributed by atoms with Gasteiger partial charge in [-0.25, -0.2) is 4.79 Å². The lowest BCUT2D eigenvalue weighted by molar-refractivity contribution is -0.139. The van der Waals surface area contributed by atoms with Crippen LogP contribution in [0.2, 0.25) is 0 Å². The first-order valence-electron chi connectivity index (χ1n) is 14.5. The Labute approximate surface area is 235 Å². The van der Waals surface area contributed by atoms with Gasteiger partial charge in [0.15, 0.2) is 6.61 Å². The van der Waals surface area contributed by atoms with E-state index in [0.29, 0.717) is 17.4 Å². The molecule has 11 heteroatoms. The minimum absolute atomic E-state index is 0.0788. The van der Waals surface area contributed by atoms with Crippen LogP contribution in [0.3, 0.4) is 0 Å². The normalized spacial score (nSPS) is 17.2. The lowest BCUT2D eigenvalue weighted by atomic mass is 9.84. The molecular formula is C29H44N4O7. The van der Waals surface area contributed by atoms with Gasteiger partial charge in [0.2, 0.25) is 11.8 Å². The molecule has 1 aromatic rings. The SMILES string of the molecule is O=C(O)CCNC(=O)C(NC(=O)C(CCC1CCNCC1)CCC1CCNCC1)c1cccc(OCC(=O)O)c1. The third-order valence-electron chi connectivity index (χ3n) is 7.88. The molecule has 0 aliphatic carbocycles. The molecule has 0 spiro atoms. The maximum Gasteiger partial charge on any atom is 0.341 e. The molecule has 2 aliphatic heterocycles. The standard InChI is InChI=1S/C29H44N4O7/c34-25(35)12-17-32-29(39)27(23-2-1-3-24(18-23)40-19-26(36)37)33-28(38)22(6-4-20-8-13-30-14-9-20)7-5-21-10-15-31-16-11-21/h1-3,18,20-22,27,30-31H,4-17,19H2,(H,32,39)(H,33,38)(H,34,35)(H,36,37). The zero-order valence-electron chi connectivity index (χ0n) is 23.2. The van der Waals surface area contributed by atoms with Crippen LogP contribution in [0.5, 0.6) is 5.75 Å². The predicted octanol–water partition coefficient (Wildman–Crippen LogP) is 2.07. The maximum atomic E-state index is 13.7. The molecule has 2 heterocycles. The van der Waals surface area contributed by atoms with E-state index in [1.807, 2.05) is 0 Å². The lowest BCUT2D eigenvalue weighted by Gasteiger charge is -2.28. The average Bonchev–Trinajstić information content (AvgIpc) is 2.95. The van der Waals surface area contributed by atoms with E-state index in [2.05, 4.69) is 21.3 Å². The summed E-state index contributed by atoms with van der Waals surface area (Å²) in [4.78, 5) is 48.9. The molecule has 1 atom stereocenters. The molecule has 11 nitrogen and oxygen atoms in total. The van der Waals surface area contributed by atoms with Crippen LogP contribution in [0.25, 0.3) is 0 Å². The van der Waals surface area contributed by atoms with Crippen LogP contribution in [0, 0.1) is 17.8 Å². The third kappa shape index (κ3) is 11.1. The van der Waals surface area contributed by atoms with E-state index in [1.54, 1.807) is 18.2 Å². The highest BCUT2D eigenvalue weighted by molar-refractivity contribution is 5.89. The molecule has 2 fully saturated rings. The van der Waals surface area contributed by atoms with Gasteiger partial charge in [-0.2, -0.15) is 0 Å². The van der Waals surface area contributed by atoms with Crippen LogP contribution in [0.4, 0.5) is 0 Å². The number of hydrogen-bond donors (Lipinski definition) is 6. The second-order valence-electron chi connectivity index (χ2n) is 10.9. The Kier molecular flexibility index (Phi) is 13.2. The molecule has 1 unspecified atom stereocenters. The molecule has 222 valence electrons. The average molecular weight is 561 g/mol. The molecule has 1 aromatic carbocycles. The summed E-state index contributed by atoms with van der Waals surface area (Å²) in [5.41, 5.74) is 0.430. The van der Waals surface area contributed by atoms with Crippen molar-refractivity contribution in [2.75, 3.05) is 39.3 Å². The van der Waals surface area contributed by atoms with Crippen molar-refractivity contribution in [1.29, 1.82) is 0 Å². The first-order valence-corrected chi connectivity index (χ1v) is 14.5. The summed E-state index contributed by atoms with van der Waals surface area (Å²) in [6, 6.07) is 5.32. The summed E-state index contributed by atoms with van der Waals surface area (Å²) in [6.07, 6.45) is 7.55. The minimum Gasteiger partial charge on any atom is -0.482 e. The van der Waals surface area contributed by atoms with E-state index in [9.17, 15) is 19.2 Å². The van der Waals surface area contributed by atoms with Crippen molar-refractivity contribution in [1.82, 2.24) is 21.3 Å². The summed E-state index contributed by atoms with van der Waals surface area (Å²) >= 11 is 0. The van der Waals surface area contributed by atoms with Gasteiger partial charge >= 0.3 is 11.9 Å². The van der Waals surface area contributed by atoms with Crippen molar-refractivity contribution in [2.45, 2.75) is 63.8 Å². The molecule has 3 rings (SSSR count). The largest absolute Gasteiger partial charge is 0.482 e. The molecule has 0 radical (unpaired) electrons. The van der Waals surface area contributed by atoms with Crippen LogP contribution in [0.1, 0.15) is 69.4 Å². The number of carboxylic acid groups (broad SMARTS) is 2. The van der Waals surface area contributed by atoms with Crippen molar-refractivity contribution in [2.24, 2.45) is 17.8 Å². The monoisotopic (exact) mass is 560 g/mol. The van der Waals surface area contributed by atoms with Crippen LogP contribution >= 0.6 is 0 Å². The molecule has 2 aliphatic rings. The Morgan fingerprint density at radius 1 is 0.875 bits per heavy atom. The first kappa shape index (κ1) is 31.3. The number of carboxylic acids is 2. The number of benzene rings is 1. The third-order valence-corrected chi connectivity index (χ3v) is 7.88. The molecule has 40 heavy (non-hydrogen) atoms. The quantitative estimate of drug-likeness (QED) is 0.177. The maximum absolute atomic E-state index is 13.7. The smallest absolute Gasteiger partial charge is 0.341 e. The number of carbonyl (C=O) groups is 4. The fraction of sp³-hybridized carbons (Fsp3) is 0.655. The van der Waals surface area contributed by atoms with E-state index in [1.165, 1.54) is 6.07 Å². The van der Waals surface area contributed by atoms with Crippen LogP contribution < -0.4 is 26.0 Å². The molecule has 2 amide bonds. The highest BCUT2D eigenvalue weighted by Crippen LogP contribution is 2.28. The van der Waals surface area contributed by atoms with Gasteiger partial charge in [0, 0.05) is 12.5 Å². The fourth-order valence-corrected chi connectivity index (χ4v) is 5.51. The van der Waals surface area contributed by atoms with Crippen molar-refractivity contribution in [3.05, 3.63) is 29.8 Å². The number of ether oxygens (including phenoxy) is 1. The Morgan fingerprint density at radius 2 is 1.48 bits per heavy atom. The summed E-state index contributed by atoms with van der Waals surface area (Å²) in [7, 11) is 0. The Morgan fingerprint density at radius 3 is 2.02 bits per heavy atom. The number of aliphatic carboxylic acids is 2. The van der Waals surface area contributed by atoms with E-state index in [4.69, 9.17) is 14.9 Å². The van der Waals surface area contributed by atoms with Gasteiger partial charge in [0.05, 0.1) is 6.42 Å². The highest BCUT2D eigenvalue weighted by Gasteiger charge is 2.29. The van der Waals surface area contributed by atoms with Gasteiger partial charge < -0.3 is 36.2 Å². The Bertz CT molecular complexity index is 955. The van der Waals surface area contributed by atoms with Crippen LogP contribution in [-0.2, 0) is 19.2 Å². The minimum atomic E-state index is -1.13. The number of nitrogens with one attached hydrogen (secondary N) is 4. The van der Waals surface area contributed by atoms with E-state index in [0.717, 1.165) is 77.5 Å². The number of amides is 2. The lowest BCUT2D eigenvalue weighted by Crippen LogP contribution is -2.43. The van der Waals surface area contributed by atoms with E-state index < -0.39 is 30.5 Å². The van der Waals surface area contributed by atoms with Gasteiger partial charge in [-0.05, 0) is 107 Å². The number of hydrogen-bond acceptors (Lipinski definition) is 7. The van der Waals surface area contributed by atoms with E-state index in [-0.39, 0.29) is 30.5 Å². The zero-order chi connectivity index (χ0) is 28.7. The summed E-state index contributed by atoms with van der Waals surface area (Å²) in [5.74, 6) is -1.73. The van der Waals surface area contributed by atoms with Crippen molar-refractivity contribution < 1.29 is 34.1 Å². The summed E-state index contributed by atoms with van der Waals surface area (Å²) in [6.45, 7) is 3.36. The number of rotatable bonds is 16. The second kappa shape index (κ2) is 16.8. The van der Waals surface area contributed by atoms with Gasteiger partial charge in [0.1, 0.15) is 11.8 Å². The molecular weight excluding hydrogens is 516 g/mol. The number of carbonyl (C=O) groups excluding carboxylic acids is 2. The fourth-order valence-electron chi connectivity index (χ4n) is 5.51. The van der Waals surface area contributed by atoms with Crippen LogP contribution in [0.15, 0.2) is 24.3 Å². The highest BCUT2D eigenvalue weighted by atomic mass is 16.5. The summed E-state index contributed by atoms with van der Waals surface area (Å²) in [5, 5.41) is 30.3. The summed E-state index contributed by atoms with van der Waals surface area (Å²) < 4.78 is 5.28. The van der Waals surface area contributed by atoms with Crippen molar-refractivity contribution in [3.63, 3.8) is 0 Å². The van der Waals surface area contributed by atoms with Crippen LogP contribution in [-0.4, -0.2) is 73.3 Å². The van der Waals surface area contributed by atoms with Gasteiger partial charge in [-0.3, -0.25) is 14.4 Å². The molecule has 2 saturated heterocycles.